The lowest BCUT2D eigenvalue weighted by Gasteiger charge is -2.35. The minimum absolute atomic E-state index is 0.0247. The van der Waals surface area contributed by atoms with Crippen LogP contribution >= 0.6 is 0 Å². The van der Waals surface area contributed by atoms with E-state index in [1.807, 2.05) is 18.2 Å². The van der Waals surface area contributed by atoms with Crippen molar-refractivity contribution in [3.63, 3.8) is 0 Å². The Balaban J connectivity index is 1.60. The highest BCUT2D eigenvalue weighted by Crippen LogP contribution is 2.41. The summed E-state index contributed by atoms with van der Waals surface area (Å²) >= 11 is 0. The minimum Gasteiger partial charge on any atom is -0.346 e. The molecule has 0 bridgehead atoms. The van der Waals surface area contributed by atoms with Gasteiger partial charge in [0.2, 0.25) is 5.91 Å². The third-order valence-electron chi connectivity index (χ3n) is 5.16. The van der Waals surface area contributed by atoms with Crippen molar-refractivity contribution in [1.29, 1.82) is 0 Å². The number of benzene rings is 1. The first kappa shape index (κ1) is 19.1. The van der Waals surface area contributed by atoms with Crippen LogP contribution in [0.25, 0.3) is 11.8 Å². The van der Waals surface area contributed by atoms with E-state index in [1.54, 1.807) is 35.4 Å². The summed E-state index contributed by atoms with van der Waals surface area (Å²) in [5.74, 6) is -0.465. The molecule has 1 N–H and O–H groups in total. The van der Waals surface area contributed by atoms with Gasteiger partial charge in [0.15, 0.2) is 0 Å². The van der Waals surface area contributed by atoms with Gasteiger partial charge in [-0.3, -0.25) is 9.78 Å². The molecule has 1 aliphatic carbocycles. The van der Waals surface area contributed by atoms with Crippen LogP contribution in [0.4, 0.5) is 4.39 Å². The Bertz CT molecular complexity index is 1060. The predicted octanol–water partition coefficient (Wildman–Crippen LogP) is 4.25. The van der Waals surface area contributed by atoms with E-state index in [9.17, 15) is 9.18 Å². The van der Waals surface area contributed by atoms with Crippen LogP contribution in [0.1, 0.15) is 43.1 Å². The van der Waals surface area contributed by atoms with Crippen LogP contribution in [0.15, 0.2) is 61.1 Å². The normalized spacial score (nSPS) is 17.8. The molecule has 148 valence electrons. The monoisotopic (exact) mass is 390 g/mol. The van der Waals surface area contributed by atoms with Gasteiger partial charge in [-0.25, -0.2) is 9.07 Å². The molecule has 0 saturated carbocycles. The highest BCUT2D eigenvalue weighted by atomic mass is 19.1. The van der Waals surface area contributed by atoms with Crippen molar-refractivity contribution < 1.29 is 9.18 Å². The average molecular weight is 390 g/mol. The number of hydrogen-bond donors (Lipinski definition) is 1. The molecule has 3 aromatic rings. The summed E-state index contributed by atoms with van der Waals surface area (Å²) in [5, 5.41) is 7.60. The van der Waals surface area contributed by atoms with Crippen LogP contribution in [-0.2, 0) is 11.2 Å². The van der Waals surface area contributed by atoms with Gasteiger partial charge in [0.05, 0.1) is 23.6 Å². The fourth-order valence-corrected chi connectivity index (χ4v) is 3.87. The van der Waals surface area contributed by atoms with Crippen LogP contribution in [0, 0.1) is 11.2 Å². The second kappa shape index (κ2) is 7.62. The van der Waals surface area contributed by atoms with Gasteiger partial charge in [-0.1, -0.05) is 26.0 Å². The van der Waals surface area contributed by atoms with Crippen molar-refractivity contribution >= 4 is 12.0 Å². The Morgan fingerprint density at radius 2 is 2.14 bits per heavy atom. The number of pyridine rings is 1. The standard InChI is InChI=1S/C23H23FN4O/c1-23(2)12-20(27-22(29)9-8-16-5-4-10-25-14-16)19-15-26-28(21(19)13-23)18-7-3-6-17(24)11-18/h3-11,14-15,20H,12-13H2,1-2H3,(H,27,29). The molecular weight excluding hydrogens is 367 g/mol. The average Bonchev–Trinajstić information content (AvgIpc) is 3.10. The van der Waals surface area contributed by atoms with E-state index < -0.39 is 0 Å². The zero-order valence-electron chi connectivity index (χ0n) is 16.5. The second-order valence-corrected chi connectivity index (χ2v) is 8.16. The van der Waals surface area contributed by atoms with Gasteiger partial charge in [-0.15, -0.1) is 0 Å². The number of aromatic nitrogens is 3. The predicted molar refractivity (Wildman–Crippen MR) is 110 cm³/mol. The number of amides is 1. The number of fused-ring (bicyclic) bond motifs is 1. The molecule has 0 fully saturated rings. The van der Waals surface area contributed by atoms with Gasteiger partial charge >= 0.3 is 0 Å². The third kappa shape index (κ3) is 4.26. The van der Waals surface area contributed by atoms with Crippen LogP contribution in [0.2, 0.25) is 0 Å². The van der Waals surface area contributed by atoms with E-state index in [-0.39, 0.29) is 23.2 Å². The molecule has 0 spiro atoms. The summed E-state index contributed by atoms with van der Waals surface area (Å²) in [7, 11) is 0. The topological polar surface area (TPSA) is 59.8 Å². The molecule has 1 atom stereocenters. The van der Waals surface area contributed by atoms with Gasteiger partial charge in [-0.2, -0.15) is 5.10 Å². The van der Waals surface area contributed by atoms with Crippen molar-refractivity contribution in [1.82, 2.24) is 20.1 Å². The van der Waals surface area contributed by atoms with Crippen molar-refractivity contribution in [2.75, 3.05) is 0 Å². The zero-order valence-corrected chi connectivity index (χ0v) is 16.5. The van der Waals surface area contributed by atoms with Crippen molar-refractivity contribution in [2.45, 2.75) is 32.7 Å². The lowest BCUT2D eigenvalue weighted by Crippen LogP contribution is -2.36. The van der Waals surface area contributed by atoms with Crippen LogP contribution in [-0.4, -0.2) is 20.7 Å². The van der Waals surface area contributed by atoms with E-state index in [0.29, 0.717) is 5.69 Å². The highest BCUT2D eigenvalue weighted by Gasteiger charge is 2.35. The maximum Gasteiger partial charge on any atom is 0.244 e. The molecule has 0 aliphatic heterocycles. The SMILES string of the molecule is CC1(C)Cc2c(cnn2-c2cccc(F)c2)C(NC(=O)C=Cc2cccnc2)C1. The van der Waals surface area contributed by atoms with Gasteiger partial charge in [0.25, 0.3) is 0 Å². The summed E-state index contributed by atoms with van der Waals surface area (Å²) in [5.41, 5.74) is 3.52. The molecule has 2 aromatic heterocycles. The van der Waals surface area contributed by atoms with Crippen molar-refractivity contribution in [2.24, 2.45) is 5.41 Å². The van der Waals surface area contributed by atoms with Crippen molar-refractivity contribution in [3.8, 4) is 5.69 Å². The third-order valence-corrected chi connectivity index (χ3v) is 5.16. The summed E-state index contributed by atoms with van der Waals surface area (Å²) < 4.78 is 15.5. The van der Waals surface area contributed by atoms with Crippen LogP contribution < -0.4 is 5.32 Å². The summed E-state index contributed by atoms with van der Waals surface area (Å²) in [6.45, 7) is 4.34. The lowest BCUT2D eigenvalue weighted by atomic mass is 9.74. The van der Waals surface area contributed by atoms with Crippen LogP contribution in [0.3, 0.4) is 0 Å². The fraction of sp³-hybridized carbons (Fsp3) is 0.261. The smallest absolute Gasteiger partial charge is 0.244 e. The first-order chi connectivity index (χ1) is 13.9. The molecule has 5 nitrogen and oxygen atoms in total. The molecule has 2 heterocycles. The van der Waals surface area contributed by atoms with Gasteiger partial charge in [0, 0.05) is 24.0 Å². The number of carbonyl (C=O) groups excluding carboxylic acids is 1. The first-order valence-electron chi connectivity index (χ1n) is 9.63. The Kier molecular flexibility index (Phi) is 5.01. The molecule has 0 saturated heterocycles. The number of hydrogen-bond acceptors (Lipinski definition) is 3. The number of carbonyl (C=O) groups is 1. The molecule has 4 rings (SSSR count). The Hall–Kier alpha value is -3.28. The lowest BCUT2D eigenvalue weighted by molar-refractivity contribution is -0.117. The van der Waals surface area contributed by atoms with Crippen molar-refractivity contribution in [3.05, 3.63) is 83.7 Å². The van der Waals surface area contributed by atoms with E-state index in [0.717, 1.165) is 29.7 Å². The van der Waals surface area contributed by atoms with E-state index >= 15 is 0 Å². The number of nitrogens with one attached hydrogen (secondary N) is 1. The summed E-state index contributed by atoms with van der Waals surface area (Å²) in [6.07, 6.45) is 10.1. The maximum absolute atomic E-state index is 13.7. The first-order valence-corrected chi connectivity index (χ1v) is 9.63. The molecule has 1 aromatic carbocycles. The Morgan fingerprint density at radius 3 is 2.90 bits per heavy atom. The number of halogens is 1. The summed E-state index contributed by atoms with van der Waals surface area (Å²) in [6, 6.07) is 9.97. The number of rotatable bonds is 4. The molecule has 29 heavy (non-hydrogen) atoms. The van der Waals surface area contributed by atoms with Gasteiger partial charge < -0.3 is 5.32 Å². The van der Waals surface area contributed by atoms with Crippen LogP contribution in [0.5, 0.6) is 0 Å². The van der Waals surface area contributed by atoms with Gasteiger partial charge in [-0.05, 0) is 54.2 Å². The summed E-state index contributed by atoms with van der Waals surface area (Å²) in [4.78, 5) is 16.6. The molecule has 6 heteroatoms. The Labute approximate surface area is 169 Å². The fourth-order valence-electron chi connectivity index (χ4n) is 3.87. The molecular formula is C23H23FN4O. The Morgan fingerprint density at radius 1 is 1.28 bits per heavy atom. The second-order valence-electron chi connectivity index (χ2n) is 8.16. The molecule has 1 unspecified atom stereocenters. The quantitative estimate of drug-likeness (QED) is 0.678. The molecule has 0 radical (unpaired) electrons. The zero-order chi connectivity index (χ0) is 20.4. The molecule has 1 aliphatic rings. The minimum atomic E-state index is -0.299. The largest absolute Gasteiger partial charge is 0.346 e. The maximum atomic E-state index is 13.7. The van der Waals surface area contributed by atoms with E-state index in [1.165, 1.54) is 18.2 Å². The van der Waals surface area contributed by atoms with E-state index in [2.05, 4.69) is 29.2 Å². The number of nitrogens with zero attached hydrogens (tertiary/aromatic N) is 3. The molecule has 1 amide bonds. The highest BCUT2D eigenvalue weighted by molar-refractivity contribution is 5.92. The van der Waals surface area contributed by atoms with E-state index in [4.69, 9.17) is 0 Å². The van der Waals surface area contributed by atoms with Gasteiger partial charge in [0.1, 0.15) is 5.82 Å².